The van der Waals surface area contributed by atoms with Crippen LogP contribution in [-0.2, 0) is 4.74 Å². The molecule has 0 N–H and O–H groups in total. The molecule has 0 radical (unpaired) electrons. The summed E-state index contributed by atoms with van der Waals surface area (Å²) in [5.41, 5.74) is 2.59. The van der Waals surface area contributed by atoms with Gasteiger partial charge in [0.05, 0.1) is 19.3 Å². The van der Waals surface area contributed by atoms with Crippen LogP contribution in [0.15, 0.2) is 24.3 Å². The number of morpholine rings is 1. The Morgan fingerprint density at radius 1 is 1.05 bits per heavy atom. The standard InChI is InChI=1S/C18H28N2O/c1-12(2)16-10-21-18-17(13(3)4)20(16)11-19(18)15-8-6-14(5)7-9-15/h6-9,12-13,16-18H,10-11H2,1-5H3/t16-,17+,18-/m0/s1. The van der Waals surface area contributed by atoms with Crippen LogP contribution in [0.25, 0.3) is 0 Å². The summed E-state index contributed by atoms with van der Waals surface area (Å²) in [6.07, 6.45) is 0.197. The molecule has 0 aromatic heterocycles. The molecule has 3 heteroatoms. The lowest BCUT2D eigenvalue weighted by atomic mass is 9.94. The summed E-state index contributed by atoms with van der Waals surface area (Å²) >= 11 is 0. The van der Waals surface area contributed by atoms with Crippen molar-refractivity contribution in [3.05, 3.63) is 29.8 Å². The van der Waals surface area contributed by atoms with Crippen LogP contribution >= 0.6 is 0 Å². The molecule has 0 saturated carbocycles. The van der Waals surface area contributed by atoms with Gasteiger partial charge in [0.2, 0.25) is 0 Å². The lowest BCUT2D eigenvalue weighted by Crippen LogP contribution is -2.55. The number of rotatable bonds is 3. The minimum Gasteiger partial charge on any atom is -0.355 e. The zero-order valence-electron chi connectivity index (χ0n) is 13.9. The second kappa shape index (κ2) is 5.62. The normalized spacial score (nSPS) is 32.2. The molecule has 2 aliphatic heterocycles. The van der Waals surface area contributed by atoms with Gasteiger partial charge >= 0.3 is 0 Å². The summed E-state index contributed by atoms with van der Waals surface area (Å²) in [6.45, 7) is 13.2. The second-order valence-electron chi connectivity index (χ2n) is 7.23. The summed E-state index contributed by atoms with van der Waals surface area (Å²) < 4.78 is 6.30. The second-order valence-corrected chi connectivity index (χ2v) is 7.23. The number of benzene rings is 1. The lowest BCUT2D eigenvalue weighted by molar-refractivity contribution is -0.0818. The smallest absolute Gasteiger partial charge is 0.147 e. The first-order chi connectivity index (χ1) is 9.99. The monoisotopic (exact) mass is 288 g/mol. The number of hydrogen-bond donors (Lipinski definition) is 0. The molecule has 3 nitrogen and oxygen atoms in total. The highest BCUT2D eigenvalue weighted by molar-refractivity contribution is 5.49. The fraction of sp³-hybridized carbons (Fsp3) is 0.667. The molecule has 0 spiro atoms. The van der Waals surface area contributed by atoms with E-state index in [-0.39, 0.29) is 6.23 Å². The Morgan fingerprint density at radius 3 is 2.29 bits per heavy atom. The number of aryl methyl sites for hydroxylation is 1. The summed E-state index contributed by atoms with van der Waals surface area (Å²) in [5, 5.41) is 0. The number of ether oxygens (including phenoxy) is 1. The third-order valence-electron chi connectivity index (χ3n) is 4.98. The van der Waals surface area contributed by atoms with Crippen LogP contribution in [0.3, 0.4) is 0 Å². The van der Waals surface area contributed by atoms with Crippen molar-refractivity contribution in [3.8, 4) is 0 Å². The van der Waals surface area contributed by atoms with E-state index in [0.29, 0.717) is 23.9 Å². The van der Waals surface area contributed by atoms with Crippen molar-refractivity contribution in [2.45, 2.75) is 52.9 Å². The van der Waals surface area contributed by atoms with E-state index >= 15 is 0 Å². The highest BCUT2D eigenvalue weighted by atomic mass is 16.5. The van der Waals surface area contributed by atoms with Gasteiger partial charge in [-0.1, -0.05) is 45.4 Å². The van der Waals surface area contributed by atoms with Gasteiger partial charge in [0.1, 0.15) is 6.23 Å². The van der Waals surface area contributed by atoms with Crippen LogP contribution in [0.2, 0.25) is 0 Å². The van der Waals surface area contributed by atoms with Crippen LogP contribution < -0.4 is 4.90 Å². The first kappa shape index (κ1) is 14.9. The van der Waals surface area contributed by atoms with Crippen LogP contribution in [0, 0.1) is 18.8 Å². The summed E-state index contributed by atoms with van der Waals surface area (Å²) in [5.74, 6) is 1.23. The first-order valence-electron chi connectivity index (χ1n) is 8.19. The van der Waals surface area contributed by atoms with Gasteiger partial charge in [-0.2, -0.15) is 0 Å². The molecule has 0 amide bonds. The third-order valence-corrected chi connectivity index (χ3v) is 4.98. The van der Waals surface area contributed by atoms with Gasteiger partial charge in [-0.15, -0.1) is 0 Å². The van der Waals surface area contributed by atoms with Crippen LogP contribution in [0.5, 0.6) is 0 Å². The van der Waals surface area contributed by atoms with Crippen molar-refractivity contribution in [2.24, 2.45) is 11.8 Å². The SMILES string of the molecule is Cc1ccc(N2CN3[C@H](C(C)C)[C@@H]2OC[C@H]3C(C)C)cc1. The number of hydrogen-bond acceptors (Lipinski definition) is 3. The van der Waals surface area contributed by atoms with E-state index in [0.717, 1.165) is 13.3 Å². The summed E-state index contributed by atoms with van der Waals surface area (Å²) in [6, 6.07) is 9.86. The van der Waals surface area contributed by atoms with E-state index in [4.69, 9.17) is 4.74 Å². The minimum atomic E-state index is 0.197. The van der Waals surface area contributed by atoms with Crippen molar-refractivity contribution in [3.63, 3.8) is 0 Å². The number of anilines is 1. The highest BCUT2D eigenvalue weighted by Gasteiger charge is 2.49. The molecule has 2 fully saturated rings. The average molecular weight is 288 g/mol. The quantitative estimate of drug-likeness (QED) is 0.847. The fourth-order valence-electron chi connectivity index (χ4n) is 3.76. The Kier molecular flexibility index (Phi) is 3.98. The molecule has 1 aromatic rings. The highest BCUT2D eigenvalue weighted by Crippen LogP contribution is 2.38. The van der Waals surface area contributed by atoms with Crippen molar-refractivity contribution >= 4 is 5.69 Å². The Hall–Kier alpha value is -1.06. The van der Waals surface area contributed by atoms with Crippen molar-refractivity contribution in [1.29, 1.82) is 0 Å². The van der Waals surface area contributed by atoms with E-state index < -0.39 is 0 Å². The average Bonchev–Trinajstić information content (AvgIpc) is 2.70. The molecule has 0 aliphatic carbocycles. The molecule has 21 heavy (non-hydrogen) atoms. The third kappa shape index (κ3) is 2.58. The predicted molar refractivity (Wildman–Crippen MR) is 87.4 cm³/mol. The Morgan fingerprint density at radius 2 is 1.71 bits per heavy atom. The largest absolute Gasteiger partial charge is 0.355 e. The van der Waals surface area contributed by atoms with Crippen molar-refractivity contribution in [1.82, 2.24) is 4.90 Å². The van der Waals surface area contributed by atoms with Gasteiger partial charge in [0.15, 0.2) is 0 Å². The van der Waals surface area contributed by atoms with E-state index in [1.807, 2.05) is 0 Å². The number of nitrogens with zero attached hydrogens (tertiary/aromatic N) is 2. The van der Waals surface area contributed by atoms with Gasteiger partial charge in [-0.3, -0.25) is 4.90 Å². The van der Waals surface area contributed by atoms with Gasteiger partial charge in [-0.25, -0.2) is 0 Å². The minimum absolute atomic E-state index is 0.197. The Balaban J connectivity index is 1.90. The topological polar surface area (TPSA) is 15.7 Å². The van der Waals surface area contributed by atoms with E-state index in [9.17, 15) is 0 Å². The maximum Gasteiger partial charge on any atom is 0.147 e. The number of fused-ring (bicyclic) bond motifs is 2. The maximum absolute atomic E-state index is 6.30. The van der Waals surface area contributed by atoms with E-state index in [1.54, 1.807) is 0 Å². The van der Waals surface area contributed by atoms with Crippen molar-refractivity contribution in [2.75, 3.05) is 18.2 Å². The first-order valence-corrected chi connectivity index (χ1v) is 8.19. The zero-order valence-corrected chi connectivity index (χ0v) is 13.9. The molecule has 1 unspecified atom stereocenters. The summed E-state index contributed by atoms with van der Waals surface area (Å²) in [4.78, 5) is 5.11. The lowest BCUT2D eigenvalue weighted by Gasteiger charge is -2.42. The molecule has 2 bridgehead atoms. The maximum atomic E-state index is 6.30. The van der Waals surface area contributed by atoms with Crippen LogP contribution in [0.1, 0.15) is 33.3 Å². The van der Waals surface area contributed by atoms with Crippen LogP contribution in [-0.4, -0.2) is 36.5 Å². The molecule has 116 valence electrons. The molecule has 4 atom stereocenters. The fourth-order valence-corrected chi connectivity index (χ4v) is 3.76. The van der Waals surface area contributed by atoms with Gasteiger partial charge in [-0.05, 0) is 30.9 Å². The van der Waals surface area contributed by atoms with Crippen molar-refractivity contribution < 1.29 is 4.74 Å². The molecule has 2 aliphatic rings. The molecule has 2 heterocycles. The molecule has 1 aromatic carbocycles. The summed E-state index contributed by atoms with van der Waals surface area (Å²) in [7, 11) is 0. The Bertz CT molecular complexity index is 482. The van der Waals surface area contributed by atoms with Crippen LogP contribution in [0.4, 0.5) is 5.69 Å². The zero-order chi connectivity index (χ0) is 15.1. The predicted octanol–water partition coefficient (Wildman–Crippen LogP) is 3.48. The Labute approximate surface area is 128 Å². The molecule has 2 saturated heterocycles. The molecule has 3 rings (SSSR count). The van der Waals surface area contributed by atoms with E-state index in [2.05, 4.69) is 68.7 Å². The van der Waals surface area contributed by atoms with Gasteiger partial charge in [0.25, 0.3) is 0 Å². The molecular weight excluding hydrogens is 260 g/mol. The van der Waals surface area contributed by atoms with Gasteiger partial charge in [0, 0.05) is 11.7 Å². The molecular formula is C18H28N2O. The van der Waals surface area contributed by atoms with E-state index in [1.165, 1.54) is 11.3 Å². The van der Waals surface area contributed by atoms with Gasteiger partial charge < -0.3 is 9.64 Å².